The van der Waals surface area contributed by atoms with Crippen LogP contribution in [0.15, 0.2) is 27.3 Å². The van der Waals surface area contributed by atoms with Crippen molar-refractivity contribution in [3.05, 3.63) is 49.7 Å². The molecule has 1 heterocycles. The molecule has 0 spiro atoms. The van der Waals surface area contributed by atoms with Crippen molar-refractivity contribution in [2.24, 2.45) is 7.05 Å². The number of nitrogens with zero attached hydrogens (tertiary/aromatic N) is 2. The summed E-state index contributed by atoms with van der Waals surface area (Å²) < 4.78 is 2.56. The topological polar surface area (TPSA) is 98.4 Å². The maximum absolute atomic E-state index is 12.9. The Morgan fingerprint density at radius 3 is 2.33 bits per heavy atom. The third kappa shape index (κ3) is 2.93. The number of hydrogen-bond donors (Lipinski definition) is 1. The molecule has 1 aromatic heterocycles. The van der Waals surface area contributed by atoms with E-state index in [2.05, 4.69) is 0 Å². The van der Waals surface area contributed by atoms with Crippen LogP contribution in [0.1, 0.15) is 43.7 Å². The highest BCUT2D eigenvalue weighted by Gasteiger charge is 2.28. The van der Waals surface area contributed by atoms with Crippen LogP contribution in [0.5, 0.6) is 0 Å². The second-order valence-corrected chi connectivity index (χ2v) is 6.85. The molecule has 0 radical (unpaired) electrons. The van der Waals surface area contributed by atoms with Crippen molar-refractivity contribution in [2.75, 3.05) is 0 Å². The van der Waals surface area contributed by atoms with Crippen molar-refractivity contribution in [1.82, 2.24) is 9.13 Å². The van der Waals surface area contributed by atoms with Gasteiger partial charge in [-0.1, -0.05) is 6.92 Å². The smallest absolute Gasteiger partial charge is 0.331 e. The highest BCUT2D eigenvalue weighted by Crippen LogP contribution is 2.28. The Morgan fingerprint density at radius 1 is 1.11 bits per heavy atom. The summed E-state index contributed by atoms with van der Waals surface area (Å²) in [5.74, 6) is -1.15. The molecular weight excluding hydrogens is 348 g/mol. The van der Waals surface area contributed by atoms with Gasteiger partial charge in [-0.3, -0.25) is 23.5 Å². The number of ketones is 2. The largest absolute Gasteiger partial charge is 0.506 e. The van der Waals surface area contributed by atoms with Crippen molar-refractivity contribution < 1.29 is 14.7 Å². The third-order valence-electron chi connectivity index (χ3n) is 5.09. The number of allylic oxidation sites excluding steroid dienone is 1. The summed E-state index contributed by atoms with van der Waals surface area (Å²) in [7, 11) is 1.59. The van der Waals surface area contributed by atoms with E-state index >= 15 is 0 Å². The predicted octanol–water partition coefficient (Wildman–Crippen LogP) is 2.01. The van der Waals surface area contributed by atoms with Gasteiger partial charge in [0.2, 0.25) is 0 Å². The second-order valence-electron chi connectivity index (χ2n) is 6.85. The molecule has 1 aliphatic rings. The Kier molecular flexibility index (Phi) is 4.87. The minimum atomic E-state index is -0.437. The van der Waals surface area contributed by atoms with E-state index in [0.717, 1.165) is 0 Å². The molecular formula is C20H22N2O5. The number of aliphatic hydroxyl groups is 1. The van der Waals surface area contributed by atoms with Crippen molar-refractivity contribution >= 4 is 28.2 Å². The lowest BCUT2D eigenvalue weighted by Crippen LogP contribution is -2.39. The Balaban J connectivity index is 2.36. The Hall–Kier alpha value is -2.96. The molecule has 0 unspecified atom stereocenters. The summed E-state index contributed by atoms with van der Waals surface area (Å²) in [4.78, 5) is 49.6. The van der Waals surface area contributed by atoms with E-state index in [1.807, 2.05) is 6.92 Å². The van der Waals surface area contributed by atoms with Crippen molar-refractivity contribution in [2.45, 2.75) is 46.1 Å². The average Bonchev–Trinajstić information content (AvgIpc) is 2.62. The fraction of sp³-hybridized carbons (Fsp3) is 0.400. The minimum absolute atomic E-state index is 0.192. The van der Waals surface area contributed by atoms with Gasteiger partial charge < -0.3 is 5.11 Å². The maximum atomic E-state index is 12.9. The lowest BCUT2D eigenvalue weighted by molar-refractivity contribution is -0.123. The van der Waals surface area contributed by atoms with Gasteiger partial charge in [-0.2, -0.15) is 0 Å². The molecule has 1 saturated carbocycles. The van der Waals surface area contributed by atoms with Crippen LogP contribution in [-0.4, -0.2) is 25.8 Å². The molecule has 0 bridgehead atoms. The summed E-state index contributed by atoms with van der Waals surface area (Å²) in [6, 6.07) is 3.10. The van der Waals surface area contributed by atoms with Crippen LogP contribution in [0.3, 0.4) is 0 Å². The van der Waals surface area contributed by atoms with Gasteiger partial charge in [-0.15, -0.1) is 0 Å². The van der Waals surface area contributed by atoms with Crippen LogP contribution in [0.4, 0.5) is 0 Å². The first kappa shape index (κ1) is 18.8. The fourth-order valence-corrected chi connectivity index (χ4v) is 3.64. The third-order valence-corrected chi connectivity index (χ3v) is 5.09. The number of aliphatic hydroxyl groups excluding tert-OH is 1. The molecule has 3 rings (SSSR count). The minimum Gasteiger partial charge on any atom is -0.506 e. The van der Waals surface area contributed by atoms with Gasteiger partial charge in [0.05, 0.1) is 10.9 Å². The first-order valence-corrected chi connectivity index (χ1v) is 9.02. The van der Waals surface area contributed by atoms with Crippen LogP contribution in [0.2, 0.25) is 0 Å². The lowest BCUT2D eigenvalue weighted by atomic mass is 9.88. The molecule has 7 heteroatoms. The normalized spacial score (nSPS) is 14.9. The molecule has 1 aromatic carbocycles. The quantitative estimate of drug-likeness (QED) is 0.506. The lowest BCUT2D eigenvalue weighted by Gasteiger charge is -2.17. The van der Waals surface area contributed by atoms with Crippen LogP contribution in [0.25, 0.3) is 16.7 Å². The number of hydrogen-bond acceptors (Lipinski definition) is 5. The van der Waals surface area contributed by atoms with Gasteiger partial charge in [0.1, 0.15) is 11.3 Å². The zero-order valence-electron chi connectivity index (χ0n) is 15.7. The molecule has 0 atom stereocenters. The molecule has 0 aliphatic heterocycles. The van der Waals surface area contributed by atoms with Crippen molar-refractivity contribution in [3.63, 3.8) is 0 Å². The first-order chi connectivity index (χ1) is 12.8. The van der Waals surface area contributed by atoms with Gasteiger partial charge in [0.15, 0.2) is 11.6 Å². The van der Waals surface area contributed by atoms with E-state index < -0.39 is 11.2 Å². The maximum Gasteiger partial charge on any atom is 0.331 e. The van der Waals surface area contributed by atoms with Gasteiger partial charge in [-0.25, -0.2) is 4.79 Å². The summed E-state index contributed by atoms with van der Waals surface area (Å²) in [6.07, 6.45) is 1.54. The molecule has 0 amide bonds. The van der Waals surface area contributed by atoms with E-state index in [0.29, 0.717) is 29.3 Å². The van der Waals surface area contributed by atoms with Gasteiger partial charge in [0.25, 0.3) is 5.56 Å². The first-order valence-electron chi connectivity index (χ1n) is 9.02. The molecule has 2 aromatic rings. The molecule has 0 saturated heterocycles. The summed E-state index contributed by atoms with van der Waals surface area (Å²) in [5.41, 5.74) is 0.115. The standard InChI is InChI=1S/C20H22N2O5/c1-4-10-22-19(26)16-11(2)12(8-9-13(16)21(3)20(22)27)18(25)17-14(23)6-5-7-15(17)24/h8-9,25H,4-7,10H2,1-3H3. The number of aryl methyl sites for hydroxylation is 2. The molecule has 7 nitrogen and oxygen atoms in total. The van der Waals surface area contributed by atoms with Crippen LogP contribution in [0, 0.1) is 6.92 Å². The number of carbonyl (C=O) groups excluding carboxylic acids is 2. The Morgan fingerprint density at radius 2 is 1.74 bits per heavy atom. The summed E-state index contributed by atoms with van der Waals surface area (Å²) in [5, 5.41) is 11.0. The fourth-order valence-electron chi connectivity index (χ4n) is 3.64. The number of rotatable bonds is 3. The van der Waals surface area contributed by atoms with Crippen molar-refractivity contribution in [3.8, 4) is 0 Å². The Labute approximate surface area is 155 Å². The molecule has 142 valence electrons. The van der Waals surface area contributed by atoms with Gasteiger partial charge >= 0.3 is 5.69 Å². The van der Waals surface area contributed by atoms with Gasteiger partial charge in [0, 0.05) is 32.0 Å². The molecule has 1 aliphatic carbocycles. The van der Waals surface area contributed by atoms with Crippen molar-refractivity contribution in [1.29, 1.82) is 0 Å². The predicted molar refractivity (Wildman–Crippen MR) is 102 cm³/mol. The number of carbonyl (C=O) groups is 2. The van der Waals surface area contributed by atoms with Crippen LogP contribution < -0.4 is 11.2 Å². The molecule has 1 N–H and O–H groups in total. The number of Topliss-reactive ketones (excluding diaryl/α,β-unsaturated/α-hetero) is 2. The number of fused-ring (bicyclic) bond motifs is 1. The monoisotopic (exact) mass is 370 g/mol. The molecule has 27 heavy (non-hydrogen) atoms. The van der Waals surface area contributed by atoms with Crippen LogP contribution >= 0.6 is 0 Å². The zero-order chi connectivity index (χ0) is 19.9. The van der Waals surface area contributed by atoms with E-state index in [1.54, 1.807) is 20.0 Å². The summed E-state index contributed by atoms with van der Waals surface area (Å²) >= 11 is 0. The Bertz CT molecular complexity index is 1100. The second kappa shape index (κ2) is 6.98. The van der Waals surface area contributed by atoms with E-state index in [-0.39, 0.29) is 47.8 Å². The SMILES string of the molecule is CCCn1c(=O)c2c(C)c(C(O)=C3C(=O)CCCC3=O)ccc2n(C)c1=O. The summed E-state index contributed by atoms with van der Waals surface area (Å²) in [6.45, 7) is 3.81. The van der Waals surface area contributed by atoms with Crippen LogP contribution in [-0.2, 0) is 23.2 Å². The number of aromatic nitrogens is 2. The van der Waals surface area contributed by atoms with E-state index in [9.17, 15) is 24.3 Å². The van der Waals surface area contributed by atoms with E-state index in [1.165, 1.54) is 15.2 Å². The average molecular weight is 370 g/mol. The van der Waals surface area contributed by atoms with Gasteiger partial charge in [-0.05, 0) is 37.5 Å². The molecule has 1 fully saturated rings. The highest BCUT2D eigenvalue weighted by molar-refractivity contribution is 6.25. The zero-order valence-corrected chi connectivity index (χ0v) is 15.7. The van der Waals surface area contributed by atoms with E-state index in [4.69, 9.17) is 0 Å². The number of benzene rings is 1. The highest BCUT2D eigenvalue weighted by atomic mass is 16.3.